The minimum Gasteiger partial charge on any atom is -0.444 e. The minimum absolute atomic E-state index is 0.0426. The van der Waals surface area contributed by atoms with Crippen LogP contribution in [-0.2, 0) is 11.2 Å². The normalized spacial score (nSPS) is 17.4. The molecule has 1 fully saturated rings. The Hall–Kier alpha value is -2.64. The Morgan fingerprint density at radius 3 is 2.81 bits per heavy atom. The van der Waals surface area contributed by atoms with E-state index in [9.17, 15) is 4.79 Å². The van der Waals surface area contributed by atoms with Crippen LogP contribution in [0.2, 0.25) is 0 Å². The standard InChI is InChI=1S/C19H28N6O2/c1-6-12-9-14-15(21-10-12)16(23-17(20)22-14)25-8-7-13(11-25)24(5)18(26)27-19(2,3)4/h9-10,13H,6-8,11H2,1-5H3,(H2,20,22,23). The highest BCUT2D eigenvalue weighted by Gasteiger charge is 2.32. The summed E-state index contributed by atoms with van der Waals surface area (Å²) < 4.78 is 5.48. The molecule has 146 valence electrons. The summed E-state index contributed by atoms with van der Waals surface area (Å²) in [6.07, 6.45) is 3.25. The molecule has 2 aromatic rings. The van der Waals surface area contributed by atoms with Crippen LogP contribution in [0.1, 0.15) is 39.7 Å². The lowest BCUT2D eigenvalue weighted by Crippen LogP contribution is -2.42. The number of anilines is 2. The lowest BCUT2D eigenvalue weighted by atomic mass is 10.2. The van der Waals surface area contributed by atoms with E-state index in [0.29, 0.717) is 6.54 Å². The van der Waals surface area contributed by atoms with Crippen LogP contribution in [0.3, 0.4) is 0 Å². The number of nitrogen functional groups attached to an aromatic ring is 1. The van der Waals surface area contributed by atoms with Crippen LogP contribution in [-0.4, -0.2) is 57.7 Å². The number of rotatable bonds is 3. The second-order valence-electron chi connectivity index (χ2n) is 7.95. The van der Waals surface area contributed by atoms with Crippen molar-refractivity contribution in [2.75, 3.05) is 30.8 Å². The van der Waals surface area contributed by atoms with Gasteiger partial charge in [-0.05, 0) is 45.2 Å². The van der Waals surface area contributed by atoms with Gasteiger partial charge in [0.1, 0.15) is 11.1 Å². The number of aromatic nitrogens is 3. The molecule has 3 heterocycles. The smallest absolute Gasteiger partial charge is 0.410 e. The first-order chi connectivity index (χ1) is 12.7. The van der Waals surface area contributed by atoms with Gasteiger partial charge in [-0.15, -0.1) is 0 Å². The van der Waals surface area contributed by atoms with Crippen molar-refractivity contribution in [3.05, 3.63) is 17.8 Å². The number of pyridine rings is 1. The number of ether oxygens (including phenoxy) is 1. The Morgan fingerprint density at radius 1 is 1.41 bits per heavy atom. The molecule has 0 aromatic carbocycles. The van der Waals surface area contributed by atoms with E-state index in [0.717, 1.165) is 41.8 Å². The third-order valence-electron chi connectivity index (χ3n) is 4.69. The maximum Gasteiger partial charge on any atom is 0.410 e. The molecule has 8 nitrogen and oxygen atoms in total. The average molecular weight is 372 g/mol. The molecule has 1 atom stereocenters. The van der Waals surface area contributed by atoms with Crippen LogP contribution < -0.4 is 10.6 Å². The lowest BCUT2D eigenvalue weighted by Gasteiger charge is -2.28. The third kappa shape index (κ3) is 4.20. The number of nitrogens with zero attached hydrogens (tertiary/aromatic N) is 5. The van der Waals surface area contributed by atoms with E-state index in [-0.39, 0.29) is 18.1 Å². The first kappa shape index (κ1) is 19.1. The number of fused-ring (bicyclic) bond motifs is 1. The first-order valence-corrected chi connectivity index (χ1v) is 9.31. The summed E-state index contributed by atoms with van der Waals surface area (Å²) in [6, 6.07) is 2.05. The molecule has 0 radical (unpaired) electrons. The molecule has 1 aliphatic rings. The Kier molecular flexibility index (Phi) is 5.08. The largest absolute Gasteiger partial charge is 0.444 e. The summed E-state index contributed by atoms with van der Waals surface area (Å²) in [7, 11) is 1.78. The van der Waals surface area contributed by atoms with Gasteiger partial charge in [-0.2, -0.15) is 4.98 Å². The van der Waals surface area contributed by atoms with E-state index in [4.69, 9.17) is 10.5 Å². The van der Waals surface area contributed by atoms with Gasteiger partial charge >= 0.3 is 6.09 Å². The molecule has 3 rings (SSSR count). The molecule has 0 bridgehead atoms. The van der Waals surface area contributed by atoms with E-state index in [1.165, 1.54) is 0 Å². The highest BCUT2D eigenvalue weighted by molar-refractivity contribution is 5.87. The Balaban J connectivity index is 1.82. The molecule has 1 unspecified atom stereocenters. The molecule has 27 heavy (non-hydrogen) atoms. The summed E-state index contributed by atoms with van der Waals surface area (Å²) in [6.45, 7) is 9.09. The van der Waals surface area contributed by atoms with Crippen molar-refractivity contribution >= 4 is 28.9 Å². The van der Waals surface area contributed by atoms with Crippen molar-refractivity contribution in [2.24, 2.45) is 0 Å². The molecular formula is C19H28N6O2. The van der Waals surface area contributed by atoms with Crippen molar-refractivity contribution in [3.63, 3.8) is 0 Å². The van der Waals surface area contributed by atoms with Crippen LogP contribution in [0.15, 0.2) is 12.3 Å². The third-order valence-corrected chi connectivity index (χ3v) is 4.69. The summed E-state index contributed by atoms with van der Waals surface area (Å²) >= 11 is 0. The Morgan fingerprint density at radius 2 is 2.15 bits per heavy atom. The molecule has 2 N–H and O–H groups in total. The molecule has 8 heteroatoms. The zero-order chi connectivity index (χ0) is 19.8. The van der Waals surface area contributed by atoms with Crippen LogP contribution in [0.5, 0.6) is 0 Å². The topological polar surface area (TPSA) is 97.5 Å². The number of carbonyl (C=O) groups excluding carboxylic acids is 1. The number of hydrogen-bond acceptors (Lipinski definition) is 7. The SMILES string of the molecule is CCc1cnc2c(N3CCC(N(C)C(=O)OC(C)(C)C)C3)nc(N)nc2c1. The summed E-state index contributed by atoms with van der Waals surface area (Å²) in [5, 5.41) is 0. The van der Waals surface area contributed by atoms with Gasteiger partial charge in [0.05, 0.1) is 11.6 Å². The number of amides is 1. The zero-order valence-electron chi connectivity index (χ0n) is 16.7. The molecule has 1 aliphatic heterocycles. The fraction of sp³-hybridized carbons (Fsp3) is 0.579. The van der Waals surface area contributed by atoms with Crippen molar-refractivity contribution in [1.29, 1.82) is 0 Å². The first-order valence-electron chi connectivity index (χ1n) is 9.31. The Bertz CT molecular complexity index is 848. The van der Waals surface area contributed by atoms with Crippen molar-refractivity contribution in [3.8, 4) is 0 Å². The van der Waals surface area contributed by atoms with Crippen LogP contribution in [0.25, 0.3) is 11.0 Å². The fourth-order valence-electron chi connectivity index (χ4n) is 3.21. The number of nitrogens with two attached hydrogens (primary N) is 1. The van der Waals surface area contributed by atoms with Crippen molar-refractivity contribution < 1.29 is 9.53 Å². The molecule has 0 spiro atoms. The van der Waals surface area contributed by atoms with Gasteiger partial charge in [-0.25, -0.2) is 9.78 Å². The van der Waals surface area contributed by atoms with Crippen LogP contribution in [0, 0.1) is 0 Å². The van der Waals surface area contributed by atoms with Gasteiger partial charge in [-0.3, -0.25) is 4.98 Å². The molecule has 0 saturated carbocycles. The second-order valence-corrected chi connectivity index (χ2v) is 7.95. The predicted octanol–water partition coefficient (Wildman–Crippen LogP) is 2.61. The van der Waals surface area contributed by atoms with Gasteiger partial charge in [0.2, 0.25) is 5.95 Å². The van der Waals surface area contributed by atoms with Gasteiger partial charge in [-0.1, -0.05) is 6.92 Å². The van der Waals surface area contributed by atoms with Gasteiger partial charge in [0.15, 0.2) is 5.82 Å². The average Bonchev–Trinajstić information content (AvgIpc) is 3.08. The quantitative estimate of drug-likeness (QED) is 0.884. The van der Waals surface area contributed by atoms with Crippen LogP contribution >= 0.6 is 0 Å². The maximum absolute atomic E-state index is 12.4. The monoisotopic (exact) mass is 372 g/mol. The molecule has 2 aromatic heterocycles. The minimum atomic E-state index is -0.512. The maximum atomic E-state index is 12.4. The predicted molar refractivity (Wildman–Crippen MR) is 106 cm³/mol. The van der Waals surface area contributed by atoms with Gasteiger partial charge < -0.3 is 20.3 Å². The van der Waals surface area contributed by atoms with Crippen molar-refractivity contribution in [1.82, 2.24) is 19.9 Å². The molecule has 1 saturated heterocycles. The van der Waals surface area contributed by atoms with E-state index in [2.05, 4.69) is 26.8 Å². The molecule has 1 amide bonds. The highest BCUT2D eigenvalue weighted by Crippen LogP contribution is 2.28. The second kappa shape index (κ2) is 7.17. The van der Waals surface area contributed by atoms with Crippen molar-refractivity contribution in [2.45, 2.75) is 52.2 Å². The zero-order valence-corrected chi connectivity index (χ0v) is 16.7. The van der Waals surface area contributed by atoms with E-state index >= 15 is 0 Å². The summed E-state index contributed by atoms with van der Waals surface area (Å²) in [5.74, 6) is 0.955. The number of aryl methyl sites for hydroxylation is 1. The van der Waals surface area contributed by atoms with E-state index in [1.807, 2.05) is 33.0 Å². The Labute approximate surface area is 159 Å². The summed E-state index contributed by atoms with van der Waals surface area (Å²) in [4.78, 5) is 29.5. The lowest BCUT2D eigenvalue weighted by molar-refractivity contribution is 0.0238. The molecular weight excluding hydrogens is 344 g/mol. The van der Waals surface area contributed by atoms with E-state index < -0.39 is 5.60 Å². The number of likely N-dealkylation sites (N-methyl/N-ethyl adjacent to an activating group) is 1. The number of hydrogen-bond donors (Lipinski definition) is 1. The number of carbonyl (C=O) groups is 1. The van der Waals surface area contributed by atoms with Crippen LogP contribution in [0.4, 0.5) is 16.6 Å². The van der Waals surface area contributed by atoms with Gasteiger partial charge in [0.25, 0.3) is 0 Å². The van der Waals surface area contributed by atoms with Gasteiger partial charge in [0, 0.05) is 26.3 Å². The fourth-order valence-corrected chi connectivity index (χ4v) is 3.21. The summed E-state index contributed by atoms with van der Waals surface area (Å²) in [5.41, 5.74) is 8.02. The molecule has 0 aliphatic carbocycles. The van der Waals surface area contributed by atoms with E-state index in [1.54, 1.807) is 11.9 Å². The highest BCUT2D eigenvalue weighted by atomic mass is 16.6.